The van der Waals surface area contributed by atoms with Crippen LogP contribution in [-0.4, -0.2) is 36.9 Å². The maximum Gasteiger partial charge on any atom is 0.253 e. The van der Waals surface area contributed by atoms with Crippen molar-refractivity contribution in [3.05, 3.63) is 90.0 Å². The van der Waals surface area contributed by atoms with Crippen molar-refractivity contribution >= 4 is 23.2 Å². The number of carbonyl (C=O) groups is 2. The van der Waals surface area contributed by atoms with Gasteiger partial charge >= 0.3 is 0 Å². The van der Waals surface area contributed by atoms with E-state index in [1.54, 1.807) is 36.2 Å². The van der Waals surface area contributed by atoms with Crippen LogP contribution in [0.2, 0.25) is 0 Å². The predicted octanol–water partition coefficient (Wildman–Crippen LogP) is 5.43. The van der Waals surface area contributed by atoms with Crippen LogP contribution in [0.1, 0.15) is 36.2 Å². The fourth-order valence-electron chi connectivity index (χ4n) is 3.38. The van der Waals surface area contributed by atoms with Crippen molar-refractivity contribution in [2.45, 2.75) is 26.8 Å². The summed E-state index contributed by atoms with van der Waals surface area (Å²) in [5.41, 5.74) is 2.97. The van der Waals surface area contributed by atoms with Gasteiger partial charge in [0.2, 0.25) is 5.91 Å². The molecule has 34 heavy (non-hydrogen) atoms. The van der Waals surface area contributed by atoms with Gasteiger partial charge in [0.05, 0.1) is 13.2 Å². The minimum absolute atomic E-state index is 0.0987. The summed E-state index contributed by atoms with van der Waals surface area (Å²) in [6.07, 6.45) is 0.990. The largest absolute Gasteiger partial charge is 0.494 e. The van der Waals surface area contributed by atoms with Gasteiger partial charge in [0.15, 0.2) is 0 Å². The molecule has 3 aromatic rings. The second-order valence-electron chi connectivity index (χ2n) is 8.69. The van der Waals surface area contributed by atoms with Crippen molar-refractivity contribution < 1.29 is 14.3 Å². The molecular formula is C28H33N3O3. The second-order valence-corrected chi connectivity index (χ2v) is 8.69. The quantitative estimate of drug-likeness (QED) is 0.401. The molecule has 3 aromatic carbocycles. The van der Waals surface area contributed by atoms with Crippen LogP contribution in [0.3, 0.4) is 0 Å². The Morgan fingerprint density at radius 3 is 2.41 bits per heavy atom. The van der Waals surface area contributed by atoms with E-state index in [1.165, 1.54) is 0 Å². The maximum absolute atomic E-state index is 12.8. The lowest BCUT2D eigenvalue weighted by molar-refractivity contribution is -0.114. The summed E-state index contributed by atoms with van der Waals surface area (Å²) >= 11 is 0. The molecule has 0 bridgehead atoms. The van der Waals surface area contributed by atoms with Crippen LogP contribution in [0.15, 0.2) is 78.9 Å². The van der Waals surface area contributed by atoms with Crippen LogP contribution in [0.4, 0.5) is 11.4 Å². The standard InChI is InChI=1S/C28H33N3O3/c1-21(2)15-16-34-26-14-8-12-24(18-26)29-19-27(32)30-25-13-7-11-23(17-25)28(33)31(3)20-22-9-5-4-6-10-22/h4-14,17-18,21,29H,15-16,19-20H2,1-3H3,(H,30,32). The van der Waals surface area contributed by atoms with Gasteiger partial charge < -0.3 is 20.3 Å². The average Bonchev–Trinajstić information content (AvgIpc) is 2.83. The number of amides is 2. The molecule has 0 aromatic heterocycles. The number of nitrogens with one attached hydrogen (secondary N) is 2. The van der Waals surface area contributed by atoms with Crippen molar-refractivity contribution in [2.75, 3.05) is 30.8 Å². The third kappa shape index (κ3) is 7.96. The highest BCUT2D eigenvalue weighted by atomic mass is 16.5. The Labute approximate surface area is 201 Å². The molecule has 178 valence electrons. The van der Waals surface area contributed by atoms with E-state index in [2.05, 4.69) is 24.5 Å². The molecule has 0 radical (unpaired) electrons. The first-order valence-corrected chi connectivity index (χ1v) is 11.6. The van der Waals surface area contributed by atoms with Crippen LogP contribution in [0, 0.1) is 5.92 Å². The first-order chi connectivity index (χ1) is 16.4. The first kappa shape index (κ1) is 24.8. The molecule has 2 N–H and O–H groups in total. The minimum Gasteiger partial charge on any atom is -0.494 e. The van der Waals surface area contributed by atoms with Gasteiger partial charge in [-0.25, -0.2) is 0 Å². The Morgan fingerprint density at radius 1 is 0.912 bits per heavy atom. The number of carbonyl (C=O) groups excluding carboxylic acids is 2. The van der Waals surface area contributed by atoms with E-state index in [-0.39, 0.29) is 18.4 Å². The predicted molar refractivity (Wildman–Crippen MR) is 137 cm³/mol. The zero-order valence-corrected chi connectivity index (χ0v) is 20.1. The fraction of sp³-hybridized carbons (Fsp3) is 0.286. The van der Waals surface area contributed by atoms with Gasteiger partial charge in [-0.3, -0.25) is 9.59 Å². The molecule has 3 rings (SSSR count). The molecule has 0 spiro atoms. The second kappa shape index (κ2) is 12.4. The number of ether oxygens (including phenoxy) is 1. The summed E-state index contributed by atoms with van der Waals surface area (Å²) in [7, 11) is 1.77. The summed E-state index contributed by atoms with van der Waals surface area (Å²) in [5.74, 6) is 1.06. The Hall–Kier alpha value is -3.80. The smallest absolute Gasteiger partial charge is 0.253 e. The molecule has 0 fully saturated rings. The zero-order valence-electron chi connectivity index (χ0n) is 20.1. The molecule has 0 unspecified atom stereocenters. The van der Waals surface area contributed by atoms with Gasteiger partial charge in [-0.15, -0.1) is 0 Å². The maximum atomic E-state index is 12.8. The molecule has 0 aliphatic rings. The van der Waals surface area contributed by atoms with Crippen molar-refractivity contribution in [3.63, 3.8) is 0 Å². The summed E-state index contributed by atoms with van der Waals surface area (Å²) < 4.78 is 5.78. The van der Waals surface area contributed by atoms with Gasteiger partial charge in [0.1, 0.15) is 5.75 Å². The molecule has 6 nitrogen and oxygen atoms in total. The van der Waals surface area contributed by atoms with E-state index in [0.29, 0.717) is 30.3 Å². The summed E-state index contributed by atoms with van der Waals surface area (Å²) in [5, 5.41) is 5.97. The number of rotatable bonds is 11. The lowest BCUT2D eigenvalue weighted by Crippen LogP contribution is -2.26. The zero-order chi connectivity index (χ0) is 24.3. The van der Waals surface area contributed by atoms with E-state index in [0.717, 1.165) is 23.4 Å². The number of benzene rings is 3. The van der Waals surface area contributed by atoms with Gasteiger partial charge in [-0.05, 0) is 48.2 Å². The Balaban J connectivity index is 1.51. The molecule has 0 saturated carbocycles. The normalized spacial score (nSPS) is 10.6. The van der Waals surface area contributed by atoms with Crippen LogP contribution in [0.5, 0.6) is 5.75 Å². The van der Waals surface area contributed by atoms with Gasteiger partial charge in [0, 0.05) is 36.6 Å². The van der Waals surface area contributed by atoms with E-state index >= 15 is 0 Å². The first-order valence-electron chi connectivity index (χ1n) is 11.6. The molecule has 0 aliphatic heterocycles. The lowest BCUT2D eigenvalue weighted by Gasteiger charge is -2.18. The van der Waals surface area contributed by atoms with E-state index in [9.17, 15) is 9.59 Å². The molecule has 0 atom stereocenters. The van der Waals surface area contributed by atoms with Crippen LogP contribution < -0.4 is 15.4 Å². The third-order valence-corrected chi connectivity index (χ3v) is 5.25. The highest BCUT2D eigenvalue weighted by Crippen LogP contribution is 2.18. The monoisotopic (exact) mass is 459 g/mol. The molecule has 0 aliphatic carbocycles. The molecule has 0 heterocycles. The lowest BCUT2D eigenvalue weighted by atomic mass is 10.1. The SMILES string of the molecule is CC(C)CCOc1cccc(NCC(=O)Nc2cccc(C(=O)N(C)Cc3ccccc3)c2)c1. The molecule has 6 heteroatoms. The highest BCUT2D eigenvalue weighted by Gasteiger charge is 2.13. The van der Waals surface area contributed by atoms with E-state index in [1.807, 2.05) is 54.6 Å². The minimum atomic E-state index is -0.201. The van der Waals surface area contributed by atoms with Crippen molar-refractivity contribution in [2.24, 2.45) is 5.92 Å². The Morgan fingerprint density at radius 2 is 1.65 bits per heavy atom. The Bertz CT molecular complexity index is 1080. The van der Waals surface area contributed by atoms with Crippen molar-refractivity contribution in [3.8, 4) is 5.75 Å². The van der Waals surface area contributed by atoms with Gasteiger partial charge in [-0.2, -0.15) is 0 Å². The summed E-state index contributed by atoms with van der Waals surface area (Å²) in [6.45, 7) is 5.60. The van der Waals surface area contributed by atoms with Crippen molar-refractivity contribution in [1.29, 1.82) is 0 Å². The van der Waals surface area contributed by atoms with Gasteiger partial charge in [-0.1, -0.05) is 56.3 Å². The summed E-state index contributed by atoms with van der Waals surface area (Å²) in [6, 6.07) is 24.4. The van der Waals surface area contributed by atoms with E-state index < -0.39 is 0 Å². The van der Waals surface area contributed by atoms with Crippen LogP contribution in [0.25, 0.3) is 0 Å². The average molecular weight is 460 g/mol. The molecular weight excluding hydrogens is 426 g/mol. The number of anilines is 2. The molecule has 2 amide bonds. The number of nitrogens with zero attached hydrogens (tertiary/aromatic N) is 1. The number of hydrogen-bond donors (Lipinski definition) is 2. The van der Waals surface area contributed by atoms with Crippen LogP contribution in [-0.2, 0) is 11.3 Å². The highest BCUT2D eigenvalue weighted by molar-refractivity contribution is 5.98. The topological polar surface area (TPSA) is 70.7 Å². The Kier molecular flexibility index (Phi) is 9.09. The molecule has 0 saturated heterocycles. The van der Waals surface area contributed by atoms with E-state index in [4.69, 9.17) is 4.74 Å². The van der Waals surface area contributed by atoms with Crippen molar-refractivity contribution in [1.82, 2.24) is 4.90 Å². The van der Waals surface area contributed by atoms with Gasteiger partial charge in [0.25, 0.3) is 5.91 Å². The number of hydrogen-bond acceptors (Lipinski definition) is 4. The summed E-state index contributed by atoms with van der Waals surface area (Å²) in [4.78, 5) is 27.0. The third-order valence-electron chi connectivity index (χ3n) is 5.25. The van der Waals surface area contributed by atoms with Crippen LogP contribution >= 0.6 is 0 Å². The fourth-order valence-corrected chi connectivity index (χ4v) is 3.38.